The minimum absolute atomic E-state index is 0.00503. The fraction of sp³-hybridized carbons (Fsp3) is 0.105. The molecule has 0 aliphatic rings. The molecule has 142 valence electrons. The van der Waals surface area contributed by atoms with Crippen LogP contribution >= 0.6 is 0 Å². The lowest BCUT2D eigenvalue weighted by atomic mass is 10.1. The standard InChI is InChI=1S/C19H16N4O4S/c1-12-13(2)22-27-19(12)23-28(25,26)17-8-6-16(7-9-17)21-18(24)15-5-3-4-14(10-15)11-20/h3-10,23H,1-2H3,(H,21,24). The van der Waals surface area contributed by atoms with Gasteiger partial charge >= 0.3 is 0 Å². The van der Waals surface area contributed by atoms with Crippen LogP contribution < -0.4 is 10.0 Å². The Kier molecular flexibility index (Phi) is 5.15. The Morgan fingerprint density at radius 3 is 2.46 bits per heavy atom. The molecule has 0 atom stereocenters. The molecular formula is C19H16N4O4S. The van der Waals surface area contributed by atoms with Gasteiger partial charge in [-0.3, -0.25) is 4.79 Å². The molecule has 2 N–H and O–H groups in total. The molecule has 8 nitrogen and oxygen atoms in total. The van der Waals surface area contributed by atoms with E-state index in [4.69, 9.17) is 9.78 Å². The van der Waals surface area contributed by atoms with Gasteiger partial charge in [0.05, 0.1) is 22.2 Å². The number of carbonyl (C=O) groups is 1. The SMILES string of the molecule is Cc1noc(NS(=O)(=O)c2ccc(NC(=O)c3cccc(C#N)c3)cc2)c1C. The molecule has 0 aliphatic carbocycles. The second kappa shape index (κ2) is 7.54. The summed E-state index contributed by atoms with van der Waals surface area (Å²) < 4.78 is 32.3. The Hall–Kier alpha value is -3.64. The highest BCUT2D eigenvalue weighted by atomic mass is 32.2. The van der Waals surface area contributed by atoms with E-state index in [0.29, 0.717) is 28.1 Å². The van der Waals surface area contributed by atoms with Crippen LogP contribution in [0.3, 0.4) is 0 Å². The molecule has 0 radical (unpaired) electrons. The summed E-state index contributed by atoms with van der Waals surface area (Å²) in [6.07, 6.45) is 0. The van der Waals surface area contributed by atoms with Crippen molar-refractivity contribution in [3.05, 3.63) is 70.9 Å². The van der Waals surface area contributed by atoms with Crippen LogP contribution in [-0.2, 0) is 10.0 Å². The van der Waals surface area contributed by atoms with Crippen molar-refractivity contribution in [2.24, 2.45) is 0 Å². The van der Waals surface area contributed by atoms with E-state index in [-0.39, 0.29) is 10.8 Å². The van der Waals surface area contributed by atoms with E-state index < -0.39 is 15.9 Å². The molecule has 3 rings (SSSR count). The van der Waals surface area contributed by atoms with Gasteiger partial charge in [-0.25, -0.2) is 13.1 Å². The monoisotopic (exact) mass is 396 g/mol. The molecule has 3 aromatic rings. The number of aryl methyl sites for hydroxylation is 1. The summed E-state index contributed by atoms with van der Waals surface area (Å²) in [4.78, 5) is 12.3. The predicted molar refractivity (Wildman–Crippen MR) is 102 cm³/mol. The van der Waals surface area contributed by atoms with Gasteiger partial charge in [-0.2, -0.15) is 5.26 Å². The molecule has 1 aromatic heterocycles. The zero-order chi connectivity index (χ0) is 20.3. The molecule has 1 heterocycles. The third-order valence-electron chi connectivity index (χ3n) is 4.06. The van der Waals surface area contributed by atoms with Gasteiger partial charge in [-0.15, -0.1) is 0 Å². The highest BCUT2D eigenvalue weighted by molar-refractivity contribution is 7.92. The van der Waals surface area contributed by atoms with E-state index in [9.17, 15) is 13.2 Å². The van der Waals surface area contributed by atoms with Crippen molar-refractivity contribution in [1.82, 2.24) is 5.16 Å². The number of hydrogen-bond acceptors (Lipinski definition) is 6. The first-order valence-electron chi connectivity index (χ1n) is 8.17. The van der Waals surface area contributed by atoms with Gasteiger partial charge in [-0.1, -0.05) is 11.2 Å². The third-order valence-corrected chi connectivity index (χ3v) is 5.41. The number of sulfonamides is 1. The third kappa shape index (κ3) is 4.02. The summed E-state index contributed by atoms with van der Waals surface area (Å²) in [5.74, 6) is -0.342. The van der Waals surface area contributed by atoms with Crippen LogP contribution in [0.5, 0.6) is 0 Å². The Balaban J connectivity index is 1.74. The predicted octanol–water partition coefficient (Wildman–Crippen LogP) is 3.22. The number of benzene rings is 2. The van der Waals surface area contributed by atoms with Crippen molar-refractivity contribution < 1.29 is 17.7 Å². The van der Waals surface area contributed by atoms with Gasteiger partial charge in [0.2, 0.25) is 5.88 Å². The highest BCUT2D eigenvalue weighted by Crippen LogP contribution is 2.22. The second-order valence-electron chi connectivity index (χ2n) is 6.00. The lowest BCUT2D eigenvalue weighted by Crippen LogP contribution is -2.14. The lowest BCUT2D eigenvalue weighted by Gasteiger charge is -2.08. The van der Waals surface area contributed by atoms with Crippen LogP contribution in [-0.4, -0.2) is 19.5 Å². The molecule has 0 bridgehead atoms. The molecule has 0 aliphatic heterocycles. The Bertz CT molecular complexity index is 1180. The number of amides is 1. The summed E-state index contributed by atoms with van der Waals surface area (Å²) in [5, 5.41) is 15.3. The van der Waals surface area contributed by atoms with E-state index in [1.165, 1.54) is 30.3 Å². The van der Waals surface area contributed by atoms with Crippen molar-refractivity contribution in [2.75, 3.05) is 10.0 Å². The average Bonchev–Trinajstić information content (AvgIpc) is 3.00. The van der Waals surface area contributed by atoms with Crippen LogP contribution in [0.15, 0.2) is 57.9 Å². The molecule has 28 heavy (non-hydrogen) atoms. The smallest absolute Gasteiger partial charge is 0.264 e. The number of nitrogens with zero attached hydrogens (tertiary/aromatic N) is 2. The number of nitriles is 1. The maximum Gasteiger partial charge on any atom is 0.264 e. The number of hydrogen-bond donors (Lipinski definition) is 2. The summed E-state index contributed by atoms with van der Waals surface area (Å²) in [5.41, 5.74) is 2.31. The lowest BCUT2D eigenvalue weighted by molar-refractivity contribution is 0.102. The van der Waals surface area contributed by atoms with Crippen LogP contribution in [0.4, 0.5) is 11.6 Å². The fourth-order valence-corrected chi connectivity index (χ4v) is 3.39. The van der Waals surface area contributed by atoms with Crippen molar-refractivity contribution >= 4 is 27.5 Å². The number of nitrogens with one attached hydrogen (secondary N) is 2. The first-order chi connectivity index (χ1) is 13.3. The first kappa shape index (κ1) is 19.1. The maximum atomic E-state index is 12.5. The van der Waals surface area contributed by atoms with Gasteiger partial charge in [-0.05, 0) is 56.3 Å². The Labute approximate surface area is 161 Å². The minimum Gasteiger partial charge on any atom is -0.337 e. The molecule has 0 fully saturated rings. The topological polar surface area (TPSA) is 125 Å². The van der Waals surface area contributed by atoms with E-state index in [1.54, 1.807) is 32.0 Å². The molecular weight excluding hydrogens is 380 g/mol. The van der Waals surface area contributed by atoms with Crippen molar-refractivity contribution in [2.45, 2.75) is 18.7 Å². The zero-order valence-corrected chi connectivity index (χ0v) is 15.9. The number of aromatic nitrogens is 1. The van der Waals surface area contributed by atoms with E-state index in [1.807, 2.05) is 6.07 Å². The quantitative estimate of drug-likeness (QED) is 0.682. The number of anilines is 2. The number of carbonyl (C=O) groups excluding carboxylic acids is 1. The zero-order valence-electron chi connectivity index (χ0n) is 15.1. The molecule has 9 heteroatoms. The second-order valence-corrected chi connectivity index (χ2v) is 7.68. The largest absolute Gasteiger partial charge is 0.337 e. The Morgan fingerprint density at radius 2 is 1.86 bits per heavy atom. The Morgan fingerprint density at radius 1 is 1.14 bits per heavy atom. The van der Waals surface area contributed by atoms with E-state index in [2.05, 4.69) is 15.2 Å². The minimum atomic E-state index is -3.86. The molecule has 0 saturated carbocycles. The van der Waals surface area contributed by atoms with Crippen LogP contribution in [0.1, 0.15) is 27.2 Å². The van der Waals surface area contributed by atoms with Gasteiger partial charge in [0.1, 0.15) is 0 Å². The van der Waals surface area contributed by atoms with Crippen molar-refractivity contribution in [3.8, 4) is 6.07 Å². The highest BCUT2D eigenvalue weighted by Gasteiger charge is 2.19. The van der Waals surface area contributed by atoms with Crippen LogP contribution in [0.2, 0.25) is 0 Å². The first-order valence-corrected chi connectivity index (χ1v) is 9.66. The van der Waals surface area contributed by atoms with Gasteiger partial charge in [0.25, 0.3) is 15.9 Å². The van der Waals surface area contributed by atoms with Crippen LogP contribution in [0, 0.1) is 25.2 Å². The molecule has 0 saturated heterocycles. The van der Waals surface area contributed by atoms with E-state index in [0.717, 1.165) is 0 Å². The molecule has 0 unspecified atom stereocenters. The summed E-state index contributed by atoms with van der Waals surface area (Å²) in [6.45, 7) is 3.41. The van der Waals surface area contributed by atoms with Crippen LogP contribution in [0.25, 0.3) is 0 Å². The van der Waals surface area contributed by atoms with Gasteiger partial charge in [0, 0.05) is 16.8 Å². The maximum absolute atomic E-state index is 12.5. The molecule has 1 amide bonds. The van der Waals surface area contributed by atoms with Crippen molar-refractivity contribution in [1.29, 1.82) is 5.26 Å². The number of rotatable bonds is 5. The normalized spacial score (nSPS) is 10.9. The fourth-order valence-electron chi connectivity index (χ4n) is 2.34. The van der Waals surface area contributed by atoms with Crippen molar-refractivity contribution in [3.63, 3.8) is 0 Å². The summed E-state index contributed by atoms with van der Waals surface area (Å²) >= 11 is 0. The summed E-state index contributed by atoms with van der Waals surface area (Å²) in [6, 6.07) is 13.9. The summed E-state index contributed by atoms with van der Waals surface area (Å²) in [7, 11) is -3.86. The average molecular weight is 396 g/mol. The van der Waals surface area contributed by atoms with E-state index >= 15 is 0 Å². The van der Waals surface area contributed by atoms with Gasteiger partial charge < -0.3 is 9.84 Å². The van der Waals surface area contributed by atoms with Gasteiger partial charge in [0.15, 0.2) is 0 Å². The molecule has 2 aromatic carbocycles. The molecule has 0 spiro atoms.